The molecule has 4 rings (SSSR count). The third-order valence-corrected chi connectivity index (χ3v) is 4.41. The standard InChI is InChI=1S/C17H19N7O/c25-17(23-8-2-1-4-15(23)13-10-19-20-11-13)22-14-5-6-16(18-12-14)24-9-3-7-21-24/h3,5-7,9-12,15H,1-2,4,8H2,(H,19,20)(H,22,25). The molecule has 1 aliphatic heterocycles. The molecule has 0 bridgehead atoms. The van der Waals surface area contributed by atoms with E-state index in [0.717, 1.165) is 31.4 Å². The first-order valence-corrected chi connectivity index (χ1v) is 8.33. The van der Waals surface area contributed by atoms with E-state index in [1.54, 1.807) is 23.3 Å². The maximum Gasteiger partial charge on any atom is 0.322 e. The number of H-pyrrole nitrogens is 1. The van der Waals surface area contributed by atoms with Gasteiger partial charge >= 0.3 is 6.03 Å². The number of anilines is 1. The zero-order chi connectivity index (χ0) is 17.1. The highest BCUT2D eigenvalue weighted by Gasteiger charge is 2.28. The molecule has 1 unspecified atom stereocenters. The molecule has 8 nitrogen and oxygen atoms in total. The second kappa shape index (κ2) is 6.76. The van der Waals surface area contributed by atoms with E-state index in [0.29, 0.717) is 11.5 Å². The van der Waals surface area contributed by atoms with Crippen LogP contribution in [-0.2, 0) is 0 Å². The molecule has 128 valence electrons. The van der Waals surface area contributed by atoms with Gasteiger partial charge in [0.15, 0.2) is 5.82 Å². The molecular formula is C17H19N7O. The molecule has 2 amide bonds. The second-order valence-corrected chi connectivity index (χ2v) is 6.02. The van der Waals surface area contributed by atoms with Crippen molar-refractivity contribution in [3.05, 3.63) is 54.7 Å². The first-order chi connectivity index (χ1) is 12.3. The molecule has 0 aliphatic carbocycles. The number of carbonyl (C=O) groups excluding carboxylic acids is 1. The van der Waals surface area contributed by atoms with Gasteiger partial charge in [-0.05, 0) is 37.5 Å². The lowest BCUT2D eigenvalue weighted by molar-refractivity contribution is 0.163. The van der Waals surface area contributed by atoms with Gasteiger partial charge in [0, 0.05) is 30.7 Å². The summed E-state index contributed by atoms with van der Waals surface area (Å²) in [7, 11) is 0. The third-order valence-electron chi connectivity index (χ3n) is 4.41. The van der Waals surface area contributed by atoms with Crippen LogP contribution in [0.25, 0.3) is 5.82 Å². The maximum atomic E-state index is 12.7. The number of urea groups is 1. The summed E-state index contributed by atoms with van der Waals surface area (Å²) in [4.78, 5) is 18.9. The SMILES string of the molecule is O=C(Nc1ccc(-n2cccn2)nc1)N1CCCCC1c1cn[nH]c1. The summed E-state index contributed by atoms with van der Waals surface area (Å²) < 4.78 is 1.67. The van der Waals surface area contributed by atoms with Crippen molar-refractivity contribution in [2.45, 2.75) is 25.3 Å². The van der Waals surface area contributed by atoms with E-state index in [1.165, 1.54) is 0 Å². The number of rotatable bonds is 3. The number of piperidine rings is 1. The number of carbonyl (C=O) groups is 1. The zero-order valence-corrected chi connectivity index (χ0v) is 13.7. The maximum absolute atomic E-state index is 12.7. The van der Waals surface area contributed by atoms with Crippen LogP contribution in [0.5, 0.6) is 0 Å². The van der Waals surface area contributed by atoms with Gasteiger partial charge in [0.2, 0.25) is 0 Å². The summed E-state index contributed by atoms with van der Waals surface area (Å²) in [6.45, 7) is 0.737. The second-order valence-electron chi connectivity index (χ2n) is 6.02. The van der Waals surface area contributed by atoms with Crippen molar-refractivity contribution in [1.29, 1.82) is 0 Å². The van der Waals surface area contributed by atoms with Crippen LogP contribution >= 0.6 is 0 Å². The first kappa shape index (κ1) is 15.4. The highest BCUT2D eigenvalue weighted by molar-refractivity contribution is 5.89. The van der Waals surface area contributed by atoms with Crippen LogP contribution in [0.1, 0.15) is 30.9 Å². The number of aromatic nitrogens is 5. The predicted octanol–water partition coefficient (Wildman–Crippen LogP) is 2.75. The number of nitrogens with one attached hydrogen (secondary N) is 2. The highest BCUT2D eigenvalue weighted by atomic mass is 16.2. The number of amides is 2. The third kappa shape index (κ3) is 3.23. The summed E-state index contributed by atoms with van der Waals surface area (Å²) in [5.41, 5.74) is 1.71. The molecular weight excluding hydrogens is 318 g/mol. The number of hydrogen-bond acceptors (Lipinski definition) is 4. The van der Waals surface area contributed by atoms with Gasteiger partial charge in [0.1, 0.15) is 0 Å². The van der Waals surface area contributed by atoms with Gasteiger partial charge in [-0.25, -0.2) is 14.5 Å². The van der Waals surface area contributed by atoms with Crippen LogP contribution in [0, 0.1) is 0 Å². The van der Waals surface area contributed by atoms with E-state index in [1.807, 2.05) is 35.5 Å². The van der Waals surface area contributed by atoms with Crippen LogP contribution < -0.4 is 5.32 Å². The molecule has 1 fully saturated rings. The van der Waals surface area contributed by atoms with Crippen molar-refractivity contribution in [1.82, 2.24) is 29.9 Å². The monoisotopic (exact) mass is 337 g/mol. The van der Waals surface area contributed by atoms with E-state index >= 15 is 0 Å². The Balaban J connectivity index is 1.47. The molecule has 1 saturated heterocycles. The van der Waals surface area contributed by atoms with Crippen molar-refractivity contribution >= 4 is 11.7 Å². The Morgan fingerprint density at radius 3 is 2.96 bits per heavy atom. The Morgan fingerprint density at radius 1 is 1.28 bits per heavy atom. The van der Waals surface area contributed by atoms with E-state index in [2.05, 4.69) is 25.6 Å². The van der Waals surface area contributed by atoms with Gasteiger partial charge in [-0.1, -0.05) is 0 Å². The average molecular weight is 337 g/mol. The smallest absolute Gasteiger partial charge is 0.317 e. The van der Waals surface area contributed by atoms with Crippen LogP contribution in [-0.4, -0.2) is 42.4 Å². The van der Waals surface area contributed by atoms with Crippen molar-refractivity contribution in [3.8, 4) is 5.82 Å². The van der Waals surface area contributed by atoms with Crippen LogP contribution in [0.4, 0.5) is 10.5 Å². The van der Waals surface area contributed by atoms with Gasteiger partial charge in [0.05, 0.1) is 24.1 Å². The zero-order valence-electron chi connectivity index (χ0n) is 13.7. The molecule has 0 saturated carbocycles. The van der Waals surface area contributed by atoms with Crippen LogP contribution in [0.2, 0.25) is 0 Å². The van der Waals surface area contributed by atoms with Gasteiger partial charge in [0.25, 0.3) is 0 Å². The summed E-state index contributed by atoms with van der Waals surface area (Å²) in [6, 6.07) is 5.44. The topological polar surface area (TPSA) is 91.7 Å². The Kier molecular flexibility index (Phi) is 4.16. The number of likely N-dealkylation sites (tertiary alicyclic amines) is 1. The Labute approximate surface area is 144 Å². The lowest BCUT2D eigenvalue weighted by Gasteiger charge is -2.35. The minimum absolute atomic E-state index is 0.0591. The Hall–Kier alpha value is -3.16. The van der Waals surface area contributed by atoms with E-state index in [-0.39, 0.29) is 12.1 Å². The molecule has 25 heavy (non-hydrogen) atoms. The highest BCUT2D eigenvalue weighted by Crippen LogP contribution is 2.30. The van der Waals surface area contributed by atoms with E-state index < -0.39 is 0 Å². The first-order valence-electron chi connectivity index (χ1n) is 8.33. The molecule has 3 aromatic heterocycles. The van der Waals surface area contributed by atoms with Gasteiger partial charge in [-0.2, -0.15) is 10.2 Å². The van der Waals surface area contributed by atoms with Crippen molar-refractivity contribution in [3.63, 3.8) is 0 Å². The quantitative estimate of drug-likeness (QED) is 0.769. The minimum atomic E-state index is -0.112. The lowest BCUT2D eigenvalue weighted by atomic mass is 9.98. The lowest BCUT2D eigenvalue weighted by Crippen LogP contribution is -2.41. The van der Waals surface area contributed by atoms with Gasteiger partial charge in [-0.3, -0.25) is 5.10 Å². The largest absolute Gasteiger partial charge is 0.322 e. The van der Waals surface area contributed by atoms with Crippen molar-refractivity contribution in [2.75, 3.05) is 11.9 Å². The Bertz CT molecular complexity index is 811. The normalized spacial score (nSPS) is 17.4. The fraction of sp³-hybridized carbons (Fsp3) is 0.294. The number of pyridine rings is 1. The molecule has 0 spiro atoms. The summed E-state index contributed by atoms with van der Waals surface area (Å²) in [6.07, 6.45) is 11.9. The van der Waals surface area contributed by atoms with Crippen molar-refractivity contribution < 1.29 is 4.79 Å². The number of aromatic amines is 1. The molecule has 2 N–H and O–H groups in total. The molecule has 4 heterocycles. The molecule has 0 radical (unpaired) electrons. The minimum Gasteiger partial charge on any atom is -0.317 e. The van der Waals surface area contributed by atoms with E-state index in [4.69, 9.17) is 0 Å². The molecule has 1 aliphatic rings. The summed E-state index contributed by atoms with van der Waals surface area (Å²) in [5.74, 6) is 0.706. The van der Waals surface area contributed by atoms with E-state index in [9.17, 15) is 4.79 Å². The van der Waals surface area contributed by atoms with Gasteiger partial charge < -0.3 is 10.2 Å². The predicted molar refractivity (Wildman–Crippen MR) is 92.3 cm³/mol. The summed E-state index contributed by atoms with van der Waals surface area (Å²) >= 11 is 0. The van der Waals surface area contributed by atoms with Crippen molar-refractivity contribution in [2.24, 2.45) is 0 Å². The molecule has 3 aromatic rings. The number of nitrogens with zero attached hydrogens (tertiary/aromatic N) is 5. The fourth-order valence-corrected chi connectivity index (χ4v) is 3.16. The molecule has 0 aromatic carbocycles. The average Bonchev–Trinajstić information content (AvgIpc) is 3.36. The Morgan fingerprint density at radius 2 is 2.24 bits per heavy atom. The fourth-order valence-electron chi connectivity index (χ4n) is 3.16. The molecule has 8 heteroatoms. The van der Waals surface area contributed by atoms with Gasteiger partial charge in [-0.15, -0.1) is 0 Å². The summed E-state index contributed by atoms with van der Waals surface area (Å²) in [5, 5.41) is 13.9. The van der Waals surface area contributed by atoms with Crippen LogP contribution in [0.3, 0.4) is 0 Å². The molecule has 1 atom stereocenters. The van der Waals surface area contributed by atoms with Crippen LogP contribution in [0.15, 0.2) is 49.2 Å². The number of hydrogen-bond donors (Lipinski definition) is 2.